The Balaban J connectivity index is 0.00000363. The summed E-state index contributed by atoms with van der Waals surface area (Å²) in [7, 11) is 5.16. The fourth-order valence-corrected chi connectivity index (χ4v) is 3.69. The topological polar surface area (TPSA) is 67.4 Å². The molecule has 3 rings (SSSR count). The second-order valence-corrected chi connectivity index (χ2v) is 7.64. The molecule has 1 aliphatic rings. The first-order valence-corrected chi connectivity index (χ1v) is 10.8. The van der Waals surface area contributed by atoms with Crippen molar-refractivity contribution in [1.82, 2.24) is 10.6 Å². The third-order valence-corrected chi connectivity index (χ3v) is 5.41. The standard InChI is InChI=1S/C24H34N4O3.HI/c1-18-6-5-7-21(14-18)31-13-10-26-24(25-2)27-19-8-11-28(12-9-19)20-15-22(29-3)17-23(16-20)30-4;/h5-7,14-17,19H,8-13H2,1-4H3,(H2,25,26,27);1H. The molecule has 2 aromatic rings. The average molecular weight is 554 g/mol. The highest BCUT2D eigenvalue weighted by Crippen LogP contribution is 2.30. The van der Waals surface area contributed by atoms with Gasteiger partial charge in [-0.05, 0) is 37.5 Å². The number of nitrogens with one attached hydrogen (secondary N) is 2. The average Bonchev–Trinajstić information content (AvgIpc) is 2.81. The first-order chi connectivity index (χ1) is 15.1. The van der Waals surface area contributed by atoms with Crippen LogP contribution in [-0.2, 0) is 0 Å². The smallest absolute Gasteiger partial charge is 0.191 e. The van der Waals surface area contributed by atoms with E-state index in [2.05, 4.69) is 45.6 Å². The van der Waals surface area contributed by atoms with E-state index in [-0.39, 0.29) is 24.0 Å². The molecule has 2 N–H and O–H groups in total. The molecule has 0 saturated carbocycles. The van der Waals surface area contributed by atoms with E-state index in [4.69, 9.17) is 14.2 Å². The summed E-state index contributed by atoms with van der Waals surface area (Å²) in [5, 5.41) is 6.88. The maximum atomic E-state index is 5.80. The number of anilines is 1. The number of methoxy groups -OCH3 is 2. The molecule has 2 aromatic carbocycles. The van der Waals surface area contributed by atoms with Crippen LogP contribution in [0.1, 0.15) is 18.4 Å². The van der Waals surface area contributed by atoms with Gasteiger partial charge >= 0.3 is 0 Å². The van der Waals surface area contributed by atoms with Gasteiger partial charge in [0.25, 0.3) is 0 Å². The summed E-state index contributed by atoms with van der Waals surface area (Å²) in [6.45, 7) is 5.26. The Kier molecular flexibility index (Phi) is 10.7. The van der Waals surface area contributed by atoms with Crippen molar-refractivity contribution in [2.24, 2.45) is 4.99 Å². The Bertz CT molecular complexity index is 848. The minimum atomic E-state index is 0. The molecule has 0 spiro atoms. The van der Waals surface area contributed by atoms with Gasteiger partial charge < -0.3 is 29.7 Å². The molecule has 1 heterocycles. The first-order valence-electron chi connectivity index (χ1n) is 10.8. The number of rotatable bonds is 8. The van der Waals surface area contributed by atoms with Gasteiger partial charge in [0, 0.05) is 50.1 Å². The van der Waals surface area contributed by atoms with E-state index in [0.717, 1.165) is 54.8 Å². The van der Waals surface area contributed by atoms with Gasteiger partial charge in [-0.1, -0.05) is 12.1 Å². The minimum absolute atomic E-state index is 0. The molecule has 1 aliphatic heterocycles. The second kappa shape index (κ2) is 13.2. The van der Waals surface area contributed by atoms with Crippen LogP contribution in [-0.4, -0.2) is 59.5 Å². The number of ether oxygens (including phenoxy) is 3. The van der Waals surface area contributed by atoms with Crippen LogP contribution < -0.4 is 29.7 Å². The zero-order chi connectivity index (χ0) is 22.1. The fraction of sp³-hybridized carbons (Fsp3) is 0.458. The first kappa shape index (κ1) is 25.9. The van der Waals surface area contributed by atoms with Crippen LogP contribution in [0.5, 0.6) is 17.2 Å². The molecular weight excluding hydrogens is 519 g/mol. The summed E-state index contributed by atoms with van der Waals surface area (Å²) in [6, 6.07) is 14.5. The Morgan fingerprint density at radius 2 is 1.72 bits per heavy atom. The van der Waals surface area contributed by atoms with Gasteiger partial charge in [0.1, 0.15) is 23.9 Å². The lowest BCUT2D eigenvalue weighted by Gasteiger charge is -2.34. The van der Waals surface area contributed by atoms with Crippen molar-refractivity contribution in [3.63, 3.8) is 0 Å². The molecule has 32 heavy (non-hydrogen) atoms. The highest BCUT2D eigenvalue weighted by molar-refractivity contribution is 14.0. The molecule has 0 amide bonds. The van der Waals surface area contributed by atoms with Gasteiger partial charge in [0.2, 0.25) is 0 Å². The van der Waals surface area contributed by atoms with Crippen LogP contribution in [0.2, 0.25) is 0 Å². The Labute approximate surface area is 208 Å². The largest absolute Gasteiger partial charge is 0.497 e. The lowest BCUT2D eigenvalue weighted by Crippen LogP contribution is -2.49. The summed E-state index contributed by atoms with van der Waals surface area (Å²) in [5.41, 5.74) is 2.33. The van der Waals surface area contributed by atoms with Crippen molar-refractivity contribution in [3.8, 4) is 17.2 Å². The predicted molar refractivity (Wildman–Crippen MR) is 141 cm³/mol. The monoisotopic (exact) mass is 554 g/mol. The van der Waals surface area contributed by atoms with Crippen molar-refractivity contribution < 1.29 is 14.2 Å². The van der Waals surface area contributed by atoms with E-state index in [1.54, 1.807) is 21.3 Å². The number of aliphatic imine (C=N–C) groups is 1. The summed E-state index contributed by atoms with van der Waals surface area (Å²) in [6.07, 6.45) is 2.06. The molecule has 0 aromatic heterocycles. The fourth-order valence-electron chi connectivity index (χ4n) is 3.69. The van der Waals surface area contributed by atoms with Crippen molar-refractivity contribution in [3.05, 3.63) is 48.0 Å². The number of aryl methyl sites for hydroxylation is 1. The number of hydrogen-bond donors (Lipinski definition) is 2. The van der Waals surface area contributed by atoms with Gasteiger partial charge in [0.15, 0.2) is 5.96 Å². The van der Waals surface area contributed by atoms with Gasteiger partial charge in [-0.2, -0.15) is 0 Å². The van der Waals surface area contributed by atoms with Crippen LogP contribution in [0.3, 0.4) is 0 Å². The normalized spacial score (nSPS) is 14.4. The van der Waals surface area contributed by atoms with E-state index in [0.29, 0.717) is 19.2 Å². The van der Waals surface area contributed by atoms with Crippen molar-refractivity contribution in [2.45, 2.75) is 25.8 Å². The molecule has 0 bridgehead atoms. The molecule has 1 fully saturated rings. The highest BCUT2D eigenvalue weighted by atomic mass is 127. The molecule has 0 aliphatic carbocycles. The van der Waals surface area contributed by atoms with Crippen molar-refractivity contribution in [2.75, 3.05) is 52.4 Å². The number of halogens is 1. The zero-order valence-corrected chi connectivity index (χ0v) is 21.7. The zero-order valence-electron chi connectivity index (χ0n) is 19.4. The Morgan fingerprint density at radius 1 is 1.03 bits per heavy atom. The molecular formula is C24H35IN4O3. The van der Waals surface area contributed by atoms with Crippen LogP contribution in [0.25, 0.3) is 0 Å². The van der Waals surface area contributed by atoms with Crippen molar-refractivity contribution >= 4 is 35.6 Å². The maximum Gasteiger partial charge on any atom is 0.191 e. The predicted octanol–water partition coefficient (Wildman–Crippen LogP) is 3.84. The number of benzene rings is 2. The highest BCUT2D eigenvalue weighted by Gasteiger charge is 2.21. The Hall–Kier alpha value is -2.36. The van der Waals surface area contributed by atoms with E-state index >= 15 is 0 Å². The van der Waals surface area contributed by atoms with Gasteiger partial charge in [-0.15, -0.1) is 24.0 Å². The third kappa shape index (κ3) is 7.65. The van der Waals surface area contributed by atoms with Crippen LogP contribution in [0.15, 0.2) is 47.5 Å². The summed E-state index contributed by atoms with van der Waals surface area (Å²) >= 11 is 0. The van der Waals surface area contributed by atoms with E-state index < -0.39 is 0 Å². The molecule has 176 valence electrons. The van der Waals surface area contributed by atoms with Gasteiger partial charge in [0.05, 0.1) is 20.8 Å². The minimum Gasteiger partial charge on any atom is -0.497 e. The molecule has 1 saturated heterocycles. The van der Waals surface area contributed by atoms with Gasteiger partial charge in [-0.25, -0.2) is 0 Å². The molecule has 7 nitrogen and oxygen atoms in total. The van der Waals surface area contributed by atoms with E-state index in [9.17, 15) is 0 Å². The van der Waals surface area contributed by atoms with E-state index in [1.807, 2.05) is 24.3 Å². The number of guanidine groups is 1. The van der Waals surface area contributed by atoms with E-state index in [1.165, 1.54) is 5.56 Å². The molecule has 0 atom stereocenters. The maximum absolute atomic E-state index is 5.80. The Morgan fingerprint density at radius 3 is 2.31 bits per heavy atom. The number of piperidine rings is 1. The lowest BCUT2D eigenvalue weighted by molar-refractivity contribution is 0.321. The second-order valence-electron chi connectivity index (χ2n) is 7.64. The SMILES string of the molecule is CN=C(NCCOc1cccc(C)c1)NC1CCN(c2cc(OC)cc(OC)c2)CC1.I. The molecule has 0 radical (unpaired) electrons. The van der Waals surface area contributed by atoms with Crippen LogP contribution in [0.4, 0.5) is 5.69 Å². The number of nitrogens with zero attached hydrogens (tertiary/aromatic N) is 2. The summed E-state index contributed by atoms with van der Waals surface area (Å²) in [5.74, 6) is 3.33. The van der Waals surface area contributed by atoms with Crippen LogP contribution in [0, 0.1) is 6.92 Å². The number of hydrogen-bond acceptors (Lipinski definition) is 5. The molecule has 8 heteroatoms. The summed E-state index contributed by atoms with van der Waals surface area (Å²) in [4.78, 5) is 6.73. The molecule has 0 unspecified atom stereocenters. The lowest BCUT2D eigenvalue weighted by atomic mass is 10.0. The third-order valence-electron chi connectivity index (χ3n) is 5.41. The van der Waals surface area contributed by atoms with Gasteiger partial charge in [-0.3, -0.25) is 4.99 Å². The quantitative estimate of drug-likeness (QED) is 0.224. The van der Waals surface area contributed by atoms with Crippen LogP contribution >= 0.6 is 24.0 Å². The summed E-state index contributed by atoms with van der Waals surface area (Å²) < 4.78 is 16.6. The van der Waals surface area contributed by atoms with Crippen molar-refractivity contribution in [1.29, 1.82) is 0 Å².